The van der Waals surface area contributed by atoms with Crippen LogP contribution in [0.2, 0.25) is 0 Å². The molecule has 86 valence electrons. The largest absolute Gasteiger partial charge is 0.393 e. The number of nitrogens with two attached hydrogens (primary N) is 1. The maximum Gasteiger partial charge on any atom is 0.222 e. The molecule has 0 unspecified atom stereocenters. The lowest BCUT2D eigenvalue weighted by atomic mass is 9.77. The molecule has 4 nitrogen and oxygen atoms in total. The van der Waals surface area contributed by atoms with E-state index in [0.29, 0.717) is 24.4 Å². The molecule has 1 fully saturated rings. The molecule has 0 saturated heterocycles. The Kier molecular flexibility index (Phi) is 4.47. The zero-order chi connectivity index (χ0) is 11.3. The van der Waals surface area contributed by atoms with E-state index < -0.39 is 0 Å². The quantitative estimate of drug-likeness (QED) is 0.661. The molecular formula is C10H18N2O2S. The fourth-order valence-electron chi connectivity index (χ4n) is 1.70. The van der Waals surface area contributed by atoms with E-state index in [0.717, 1.165) is 19.3 Å². The molecule has 1 amide bonds. The summed E-state index contributed by atoms with van der Waals surface area (Å²) < 4.78 is 5.36. The Bertz CT molecular complexity index is 246. The van der Waals surface area contributed by atoms with Crippen molar-refractivity contribution in [1.29, 1.82) is 0 Å². The van der Waals surface area contributed by atoms with Gasteiger partial charge in [-0.3, -0.25) is 4.79 Å². The summed E-state index contributed by atoms with van der Waals surface area (Å²) in [7, 11) is 1.67. The Balaban J connectivity index is 2.20. The van der Waals surface area contributed by atoms with Crippen molar-refractivity contribution in [1.82, 2.24) is 5.32 Å². The van der Waals surface area contributed by atoms with Crippen molar-refractivity contribution < 1.29 is 9.53 Å². The van der Waals surface area contributed by atoms with Gasteiger partial charge in [-0.05, 0) is 19.3 Å². The van der Waals surface area contributed by atoms with Crippen molar-refractivity contribution in [3.8, 4) is 0 Å². The summed E-state index contributed by atoms with van der Waals surface area (Å²) in [5.74, 6) is 0.0211. The number of methoxy groups -OCH3 is 1. The topological polar surface area (TPSA) is 64.3 Å². The molecule has 3 N–H and O–H groups in total. The third-order valence-corrected chi connectivity index (χ3v) is 3.08. The van der Waals surface area contributed by atoms with Gasteiger partial charge < -0.3 is 15.8 Å². The van der Waals surface area contributed by atoms with Crippen LogP contribution in [-0.2, 0) is 9.53 Å². The van der Waals surface area contributed by atoms with Crippen molar-refractivity contribution in [2.24, 2.45) is 5.73 Å². The highest BCUT2D eigenvalue weighted by molar-refractivity contribution is 7.80. The van der Waals surface area contributed by atoms with Gasteiger partial charge in [0.15, 0.2) is 0 Å². The van der Waals surface area contributed by atoms with Crippen LogP contribution < -0.4 is 11.1 Å². The predicted octanol–water partition coefficient (Wildman–Crippen LogP) is 0.738. The number of thiocarbonyl (C=S) groups is 1. The maximum atomic E-state index is 11.5. The number of carbonyl (C=O) groups excluding carboxylic acids is 1. The molecule has 0 heterocycles. The second-order valence-electron chi connectivity index (χ2n) is 3.98. The molecule has 0 radical (unpaired) electrons. The molecule has 1 rings (SSSR count). The standard InChI is InChI=1S/C10H18N2O2S/c1-14-10(4-2-5-10)7-9(13)12-6-3-8(11)15/h2-7H2,1H3,(H2,11,15)(H,12,13). The van der Waals surface area contributed by atoms with Crippen LogP contribution in [0.15, 0.2) is 0 Å². The third-order valence-electron chi connectivity index (χ3n) is 2.87. The average molecular weight is 230 g/mol. The van der Waals surface area contributed by atoms with E-state index >= 15 is 0 Å². The van der Waals surface area contributed by atoms with Crippen molar-refractivity contribution in [2.75, 3.05) is 13.7 Å². The molecule has 1 aliphatic carbocycles. The minimum absolute atomic E-state index is 0.0211. The SMILES string of the molecule is COC1(CC(=O)NCCC(N)=S)CCC1. The first-order valence-electron chi connectivity index (χ1n) is 5.18. The van der Waals surface area contributed by atoms with Crippen LogP contribution in [0.5, 0.6) is 0 Å². The summed E-state index contributed by atoms with van der Waals surface area (Å²) >= 11 is 4.72. The first-order valence-corrected chi connectivity index (χ1v) is 5.59. The van der Waals surface area contributed by atoms with Crippen LogP contribution in [0.4, 0.5) is 0 Å². The predicted molar refractivity (Wildman–Crippen MR) is 62.6 cm³/mol. The van der Waals surface area contributed by atoms with Crippen LogP contribution in [0.25, 0.3) is 0 Å². The molecule has 0 bridgehead atoms. The smallest absolute Gasteiger partial charge is 0.222 e. The third kappa shape index (κ3) is 3.76. The van der Waals surface area contributed by atoms with E-state index in [1.807, 2.05) is 0 Å². The highest BCUT2D eigenvalue weighted by atomic mass is 32.1. The van der Waals surface area contributed by atoms with Gasteiger partial charge in [-0.1, -0.05) is 12.2 Å². The lowest BCUT2D eigenvalue weighted by Gasteiger charge is -2.39. The molecule has 1 saturated carbocycles. The fourth-order valence-corrected chi connectivity index (χ4v) is 1.81. The van der Waals surface area contributed by atoms with E-state index in [9.17, 15) is 4.79 Å². The van der Waals surface area contributed by atoms with Crippen molar-refractivity contribution in [2.45, 2.75) is 37.7 Å². The minimum atomic E-state index is -0.201. The Hall–Kier alpha value is -0.680. The van der Waals surface area contributed by atoms with E-state index in [1.165, 1.54) is 0 Å². The molecule has 0 aromatic carbocycles. The second kappa shape index (κ2) is 5.42. The van der Waals surface area contributed by atoms with E-state index in [2.05, 4.69) is 5.32 Å². The van der Waals surface area contributed by atoms with Crippen LogP contribution >= 0.6 is 12.2 Å². The summed E-state index contributed by atoms with van der Waals surface area (Å²) in [4.78, 5) is 11.9. The van der Waals surface area contributed by atoms with Crippen molar-refractivity contribution >= 4 is 23.1 Å². The van der Waals surface area contributed by atoms with Crippen LogP contribution in [-0.4, -0.2) is 30.2 Å². The van der Waals surface area contributed by atoms with Crippen LogP contribution in [0.3, 0.4) is 0 Å². The highest BCUT2D eigenvalue weighted by Crippen LogP contribution is 2.37. The molecular weight excluding hydrogens is 212 g/mol. The summed E-state index contributed by atoms with van der Waals surface area (Å²) in [6.07, 6.45) is 4.11. The van der Waals surface area contributed by atoms with Gasteiger partial charge in [0, 0.05) is 20.1 Å². The Morgan fingerprint density at radius 1 is 1.60 bits per heavy atom. The molecule has 0 atom stereocenters. The van der Waals surface area contributed by atoms with E-state index in [-0.39, 0.29) is 11.5 Å². The monoisotopic (exact) mass is 230 g/mol. The summed E-state index contributed by atoms with van der Waals surface area (Å²) in [5, 5.41) is 2.79. The number of nitrogens with one attached hydrogen (secondary N) is 1. The highest BCUT2D eigenvalue weighted by Gasteiger charge is 2.38. The average Bonchev–Trinajstić information content (AvgIpc) is 2.11. The zero-order valence-corrected chi connectivity index (χ0v) is 9.86. The normalized spacial score (nSPS) is 17.9. The Labute approximate surface area is 95.5 Å². The minimum Gasteiger partial charge on any atom is -0.393 e. The molecule has 0 aliphatic heterocycles. The molecule has 0 aromatic rings. The first kappa shape index (κ1) is 12.4. The molecule has 5 heteroatoms. The van der Waals surface area contributed by atoms with Crippen molar-refractivity contribution in [3.63, 3.8) is 0 Å². The van der Waals surface area contributed by atoms with E-state index in [4.69, 9.17) is 22.7 Å². The van der Waals surface area contributed by atoms with Gasteiger partial charge in [0.1, 0.15) is 0 Å². The fraction of sp³-hybridized carbons (Fsp3) is 0.800. The number of hydrogen-bond donors (Lipinski definition) is 2. The Morgan fingerprint density at radius 2 is 2.27 bits per heavy atom. The van der Waals surface area contributed by atoms with Gasteiger partial charge in [-0.15, -0.1) is 0 Å². The number of amides is 1. The number of hydrogen-bond acceptors (Lipinski definition) is 3. The maximum absolute atomic E-state index is 11.5. The molecule has 0 aromatic heterocycles. The summed E-state index contributed by atoms with van der Waals surface area (Å²) in [6.45, 7) is 0.522. The number of carbonyl (C=O) groups is 1. The van der Waals surface area contributed by atoms with Gasteiger partial charge in [0.25, 0.3) is 0 Å². The molecule has 1 aliphatic rings. The number of rotatable bonds is 6. The Morgan fingerprint density at radius 3 is 2.67 bits per heavy atom. The van der Waals surface area contributed by atoms with Crippen LogP contribution in [0.1, 0.15) is 32.1 Å². The van der Waals surface area contributed by atoms with Gasteiger partial charge in [0.05, 0.1) is 17.0 Å². The van der Waals surface area contributed by atoms with Crippen molar-refractivity contribution in [3.05, 3.63) is 0 Å². The molecule has 0 spiro atoms. The molecule has 15 heavy (non-hydrogen) atoms. The summed E-state index contributed by atoms with van der Waals surface area (Å²) in [6, 6.07) is 0. The van der Waals surface area contributed by atoms with Gasteiger partial charge in [-0.2, -0.15) is 0 Å². The number of ether oxygens (including phenoxy) is 1. The lowest BCUT2D eigenvalue weighted by Crippen LogP contribution is -2.44. The van der Waals surface area contributed by atoms with Gasteiger partial charge >= 0.3 is 0 Å². The van der Waals surface area contributed by atoms with Gasteiger partial charge in [0.2, 0.25) is 5.91 Å². The second-order valence-corrected chi connectivity index (χ2v) is 4.51. The first-order chi connectivity index (χ1) is 7.08. The zero-order valence-electron chi connectivity index (χ0n) is 9.04. The lowest BCUT2D eigenvalue weighted by molar-refractivity contribution is -0.134. The van der Waals surface area contributed by atoms with E-state index in [1.54, 1.807) is 7.11 Å². The van der Waals surface area contributed by atoms with Gasteiger partial charge in [-0.25, -0.2) is 0 Å². The van der Waals surface area contributed by atoms with Crippen LogP contribution in [0, 0.1) is 0 Å². The summed E-state index contributed by atoms with van der Waals surface area (Å²) in [5.41, 5.74) is 5.12.